The number of fused-ring (bicyclic) bond motifs is 1. The maximum absolute atomic E-state index is 9.64. The lowest BCUT2D eigenvalue weighted by atomic mass is 10.2. The number of benzene rings is 2. The molecule has 0 unspecified atom stereocenters. The van der Waals surface area contributed by atoms with Gasteiger partial charge < -0.3 is 14.6 Å². The molecule has 0 radical (unpaired) electrons. The molecule has 0 amide bonds. The number of halogens is 1. The molecule has 90 valence electrons. The fourth-order valence-electron chi connectivity index (χ4n) is 1.70. The quantitative estimate of drug-likeness (QED) is 0.703. The molecule has 1 aromatic heterocycles. The van der Waals surface area contributed by atoms with Gasteiger partial charge in [-0.25, -0.2) is 4.98 Å². The highest BCUT2D eigenvalue weighted by atomic mass is 35.5. The van der Waals surface area contributed by atoms with Gasteiger partial charge in [-0.15, -0.1) is 0 Å². The summed E-state index contributed by atoms with van der Waals surface area (Å²) in [5, 5.41) is 19.2. The molecule has 0 saturated heterocycles. The first-order valence-corrected chi connectivity index (χ1v) is 5.60. The standard InChI is InChI=1S/C13H8ClNO3/c14-8-6-7(4-5-9(8)16)13-15-12-10(17)2-1-3-11(12)18-13/h1-6,16-17H. The fourth-order valence-corrected chi connectivity index (χ4v) is 1.88. The van der Waals surface area contributed by atoms with Crippen molar-refractivity contribution in [3.05, 3.63) is 41.4 Å². The van der Waals surface area contributed by atoms with Crippen LogP contribution in [0.1, 0.15) is 0 Å². The maximum atomic E-state index is 9.64. The van der Waals surface area contributed by atoms with E-state index in [0.717, 1.165) is 0 Å². The Bertz CT molecular complexity index is 736. The zero-order chi connectivity index (χ0) is 12.7. The van der Waals surface area contributed by atoms with Crippen molar-refractivity contribution >= 4 is 22.7 Å². The van der Waals surface area contributed by atoms with Crippen LogP contribution in [-0.2, 0) is 0 Å². The lowest BCUT2D eigenvalue weighted by Gasteiger charge is -1.98. The highest BCUT2D eigenvalue weighted by Crippen LogP contribution is 2.32. The van der Waals surface area contributed by atoms with Gasteiger partial charge in [0.2, 0.25) is 5.89 Å². The Labute approximate surface area is 107 Å². The first kappa shape index (κ1) is 10.9. The van der Waals surface area contributed by atoms with Crippen LogP contribution >= 0.6 is 11.6 Å². The number of hydrogen-bond donors (Lipinski definition) is 2. The van der Waals surface area contributed by atoms with E-state index in [1.807, 2.05) is 0 Å². The Hall–Kier alpha value is -2.20. The smallest absolute Gasteiger partial charge is 0.227 e. The molecule has 18 heavy (non-hydrogen) atoms. The molecule has 0 aliphatic carbocycles. The van der Waals surface area contributed by atoms with Crippen LogP contribution in [-0.4, -0.2) is 15.2 Å². The van der Waals surface area contributed by atoms with Crippen LogP contribution in [0.2, 0.25) is 5.02 Å². The van der Waals surface area contributed by atoms with Gasteiger partial charge in [-0.05, 0) is 30.3 Å². The van der Waals surface area contributed by atoms with Gasteiger partial charge in [0.1, 0.15) is 11.5 Å². The molecule has 2 N–H and O–H groups in total. The summed E-state index contributed by atoms with van der Waals surface area (Å²) in [4.78, 5) is 4.20. The number of hydrogen-bond acceptors (Lipinski definition) is 4. The molecule has 1 heterocycles. The van der Waals surface area contributed by atoms with Crippen molar-refractivity contribution in [3.63, 3.8) is 0 Å². The van der Waals surface area contributed by atoms with Gasteiger partial charge in [-0.2, -0.15) is 0 Å². The summed E-state index contributed by atoms with van der Waals surface area (Å²) < 4.78 is 5.52. The Morgan fingerprint density at radius 2 is 1.89 bits per heavy atom. The highest BCUT2D eigenvalue weighted by Gasteiger charge is 2.12. The molecule has 3 rings (SSSR count). The zero-order valence-electron chi connectivity index (χ0n) is 9.09. The molecule has 2 aromatic carbocycles. The monoisotopic (exact) mass is 261 g/mol. The van der Waals surface area contributed by atoms with E-state index < -0.39 is 0 Å². The van der Waals surface area contributed by atoms with Crippen LogP contribution in [0.3, 0.4) is 0 Å². The number of para-hydroxylation sites is 1. The summed E-state index contributed by atoms with van der Waals surface area (Å²) >= 11 is 5.82. The van der Waals surface area contributed by atoms with E-state index >= 15 is 0 Å². The number of rotatable bonds is 1. The number of nitrogens with zero attached hydrogens (tertiary/aromatic N) is 1. The number of oxazole rings is 1. The van der Waals surface area contributed by atoms with Crippen LogP contribution in [0.15, 0.2) is 40.8 Å². The fraction of sp³-hybridized carbons (Fsp3) is 0. The highest BCUT2D eigenvalue weighted by molar-refractivity contribution is 6.32. The first-order valence-electron chi connectivity index (χ1n) is 5.22. The van der Waals surface area contributed by atoms with Crippen LogP contribution < -0.4 is 0 Å². The van der Waals surface area contributed by atoms with E-state index in [2.05, 4.69) is 4.98 Å². The van der Waals surface area contributed by atoms with Gasteiger partial charge in [0.15, 0.2) is 11.1 Å². The van der Waals surface area contributed by atoms with Gasteiger partial charge in [-0.1, -0.05) is 17.7 Å². The predicted molar refractivity (Wildman–Crippen MR) is 67.8 cm³/mol. The van der Waals surface area contributed by atoms with Gasteiger partial charge in [0.25, 0.3) is 0 Å². The molecule has 0 atom stereocenters. The van der Waals surface area contributed by atoms with Crippen molar-refractivity contribution < 1.29 is 14.6 Å². The normalized spacial score (nSPS) is 10.9. The number of aromatic hydroxyl groups is 2. The average Bonchev–Trinajstić information content (AvgIpc) is 2.78. The lowest BCUT2D eigenvalue weighted by Crippen LogP contribution is -1.77. The molecule has 0 aliphatic rings. The van der Waals surface area contributed by atoms with Gasteiger partial charge >= 0.3 is 0 Å². The van der Waals surface area contributed by atoms with Crippen molar-refractivity contribution in [1.82, 2.24) is 4.98 Å². The molecular formula is C13H8ClNO3. The van der Waals surface area contributed by atoms with Crippen molar-refractivity contribution in [3.8, 4) is 23.0 Å². The molecule has 0 bridgehead atoms. The molecule has 5 heteroatoms. The number of phenolic OH excluding ortho intramolecular Hbond substituents is 2. The van der Waals surface area contributed by atoms with Crippen LogP contribution in [0.25, 0.3) is 22.6 Å². The summed E-state index contributed by atoms with van der Waals surface area (Å²) in [6.45, 7) is 0. The minimum Gasteiger partial charge on any atom is -0.506 e. The second kappa shape index (κ2) is 3.92. The molecule has 0 saturated carbocycles. The Balaban J connectivity index is 2.19. The van der Waals surface area contributed by atoms with E-state index in [4.69, 9.17) is 16.0 Å². The van der Waals surface area contributed by atoms with E-state index in [9.17, 15) is 10.2 Å². The minimum absolute atomic E-state index is 0.000579. The molecule has 4 nitrogen and oxygen atoms in total. The van der Waals surface area contributed by atoms with Crippen molar-refractivity contribution in [1.29, 1.82) is 0 Å². The summed E-state index contributed by atoms with van der Waals surface area (Å²) in [7, 11) is 0. The maximum Gasteiger partial charge on any atom is 0.227 e. The van der Waals surface area contributed by atoms with Crippen LogP contribution in [0.4, 0.5) is 0 Å². The number of phenols is 2. The minimum atomic E-state index is -0.000579. The van der Waals surface area contributed by atoms with E-state index in [-0.39, 0.29) is 16.5 Å². The molecule has 0 aliphatic heterocycles. The van der Waals surface area contributed by atoms with E-state index in [1.54, 1.807) is 30.3 Å². The topological polar surface area (TPSA) is 66.5 Å². The van der Waals surface area contributed by atoms with Crippen LogP contribution in [0, 0.1) is 0 Å². The third kappa shape index (κ3) is 1.67. The molecular weight excluding hydrogens is 254 g/mol. The summed E-state index contributed by atoms with van der Waals surface area (Å²) in [6, 6.07) is 9.59. The summed E-state index contributed by atoms with van der Waals surface area (Å²) in [5.74, 6) is 0.403. The third-order valence-electron chi connectivity index (χ3n) is 2.59. The second-order valence-electron chi connectivity index (χ2n) is 3.81. The molecule has 0 spiro atoms. The van der Waals surface area contributed by atoms with E-state index in [1.165, 1.54) is 6.07 Å². The first-order chi connectivity index (χ1) is 8.65. The second-order valence-corrected chi connectivity index (χ2v) is 4.22. The summed E-state index contributed by atoms with van der Waals surface area (Å²) in [6.07, 6.45) is 0. The number of aromatic nitrogens is 1. The van der Waals surface area contributed by atoms with Crippen molar-refractivity contribution in [2.45, 2.75) is 0 Å². The summed E-state index contributed by atoms with van der Waals surface area (Å²) in [5.41, 5.74) is 1.53. The Morgan fingerprint density at radius 3 is 2.61 bits per heavy atom. The predicted octanol–water partition coefficient (Wildman–Crippen LogP) is 3.56. The van der Waals surface area contributed by atoms with Crippen LogP contribution in [0.5, 0.6) is 11.5 Å². The average molecular weight is 262 g/mol. The molecule has 0 fully saturated rings. The Morgan fingerprint density at radius 1 is 1.06 bits per heavy atom. The van der Waals surface area contributed by atoms with Crippen molar-refractivity contribution in [2.24, 2.45) is 0 Å². The van der Waals surface area contributed by atoms with E-state index in [0.29, 0.717) is 22.6 Å². The lowest BCUT2D eigenvalue weighted by molar-refractivity contribution is 0.475. The van der Waals surface area contributed by atoms with Crippen molar-refractivity contribution in [2.75, 3.05) is 0 Å². The molecule has 3 aromatic rings. The largest absolute Gasteiger partial charge is 0.506 e. The zero-order valence-corrected chi connectivity index (χ0v) is 9.85. The van der Waals surface area contributed by atoms with Gasteiger partial charge in [0.05, 0.1) is 5.02 Å². The van der Waals surface area contributed by atoms with Gasteiger partial charge in [-0.3, -0.25) is 0 Å². The van der Waals surface area contributed by atoms with Gasteiger partial charge in [0, 0.05) is 5.56 Å². The third-order valence-corrected chi connectivity index (χ3v) is 2.90. The Kier molecular flexibility index (Phi) is 2.38. The SMILES string of the molecule is Oc1ccc(-c2nc3c(O)cccc3o2)cc1Cl.